The lowest BCUT2D eigenvalue weighted by atomic mass is 10.1. The summed E-state index contributed by atoms with van der Waals surface area (Å²) in [4.78, 5) is 20.5. The monoisotopic (exact) mass is 159 g/mol. The second kappa shape index (κ2) is 2.50. The highest BCUT2D eigenvalue weighted by molar-refractivity contribution is 5.79. The third-order valence-electron chi connectivity index (χ3n) is 1.90. The molecule has 1 saturated carbocycles. The Morgan fingerprint density at radius 3 is 2.27 bits per heavy atom. The molecule has 0 aliphatic heterocycles. The Labute approximate surface area is 62.8 Å². The van der Waals surface area contributed by atoms with Gasteiger partial charge in [0.05, 0.1) is 5.92 Å². The van der Waals surface area contributed by atoms with Crippen molar-refractivity contribution < 1.29 is 19.8 Å². The first-order chi connectivity index (χ1) is 5.04. The van der Waals surface area contributed by atoms with Crippen LogP contribution >= 0.6 is 0 Å². The van der Waals surface area contributed by atoms with Crippen molar-refractivity contribution in [3.8, 4) is 0 Å². The highest BCUT2D eigenvalue weighted by Crippen LogP contribution is 2.40. The van der Waals surface area contributed by atoms with Gasteiger partial charge in [-0.05, 0) is 12.3 Å². The fourth-order valence-corrected chi connectivity index (χ4v) is 1.08. The molecule has 0 bridgehead atoms. The molecule has 5 nitrogen and oxygen atoms in total. The lowest BCUT2D eigenvalue weighted by molar-refractivity contribution is -0.140. The number of carbonyl (C=O) groups is 2. The van der Waals surface area contributed by atoms with Gasteiger partial charge in [0.2, 0.25) is 0 Å². The van der Waals surface area contributed by atoms with Crippen molar-refractivity contribution in [2.75, 3.05) is 0 Å². The highest BCUT2D eigenvalue weighted by Gasteiger charge is 2.49. The summed E-state index contributed by atoms with van der Waals surface area (Å²) in [6.45, 7) is 0. The van der Waals surface area contributed by atoms with E-state index in [0.717, 1.165) is 0 Å². The Hall–Kier alpha value is -1.10. The first-order valence-corrected chi connectivity index (χ1v) is 3.25. The molecular weight excluding hydrogens is 150 g/mol. The zero-order valence-corrected chi connectivity index (χ0v) is 5.73. The largest absolute Gasteiger partial charge is 0.481 e. The maximum Gasteiger partial charge on any atom is 0.320 e. The summed E-state index contributed by atoms with van der Waals surface area (Å²) in [6.07, 6.45) is 0.392. The van der Waals surface area contributed by atoms with Crippen LogP contribution in [0.4, 0.5) is 0 Å². The van der Waals surface area contributed by atoms with Crippen LogP contribution in [0.5, 0.6) is 0 Å². The van der Waals surface area contributed by atoms with Crippen molar-refractivity contribution in [1.29, 1.82) is 0 Å². The number of carboxylic acid groups (broad SMARTS) is 2. The standard InChI is InChI=1S/C6H9NO4/c7-4(6(10)11)2-1-3(2)5(8)9/h2-4H,1,7H2,(H,8,9)(H,10,11)/t2-,3-,4-/m1/s1. The lowest BCUT2D eigenvalue weighted by Gasteiger charge is -2.01. The molecule has 0 saturated heterocycles. The average Bonchev–Trinajstić information content (AvgIpc) is 2.63. The molecule has 0 aromatic rings. The van der Waals surface area contributed by atoms with Gasteiger partial charge in [-0.2, -0.15) is 0 Å². The third kappa shape index (κ3) is 1.48. The minimum atomic E-state index is -1.13. The van der Waals surface area contributed by atoms with Gasteiger partial charge in [0.25, 0.3) is 0 Å². The number of hydrogen-bond donors (Lipinski definition) is 3. The molecule has 1 aliphatic carbocycles. The second-order valence-corrected chi connectivity index (χ2v) is 2.71. The number of carboxylic acids is 2. The van der Waals surface area contributed by atoms with Crippen molar-refractivity contribution in [3.63, 3.8) is 0 Å². The topological polar surface area (TPSA) is 101 Å². The molecule has 0 spiro atoms. The highest BCUT2D eigenvalue weighted by atomic mass is 16.4. The van der Waals surface area contributed by atoms with Crippen molar-refractivity contribution in [2.24, 2.45) is 17.6 Å². The smallest absolute Gasteiger partial charge is 0.320 e. The molecule has 0 aromatic heterocycles. The molecule has 0 aromatic carbocycles. The molecule has 1 fully saturated rings. The first kappa shape index (κ1) is 8.00. The molecule has 62 valence electrons. The fourth-order valence-electron chi connectivity index (χ4n) is 1.08. The normalized spacial score (nSPS) is 31.0. The van der Waals surface area contributed by atoms with Crippen LogP contribution in [-0.2, 0) is 9.59 Å². The van der Waals surface area contributed by atoms with E-state index in [0.29, 0.717) is 6.42 Å². The lowest BCUT2D eigenvalue weighted by Crippen LogP contribution is -2.33. The minimum Gasteiger partial charge on any atom is -0.481 e. The minimum absolute atomic E-state index is 0.370. The van der Waals surface area contributed by atoms with Crippen molar-refractivity contribution >= 4 is 11.9 Å². The Morgan fingerprint density at radius 1 is 1.45 bits per heavy atom. The number of rotatable bonds is 3. The van der Waals surface area contributed by atoms with E-state index in [1.165, 1.54) is 0 Å². The van der Waals surface area contributed by atoms with Gasteiger partial charge in [0.15, 0.2) is 0 Å². The van der Waals surface area contributed by atoms with E-state index >= 15 is 0 Å². The van der Waals surface area contributed by atoms with Gasteiger partial charge < -0.3 is 15.9 Å². The number of hydrogen-bond acceptors (Lipinski definition) is 3. The summed E-state index contributed by atoms with van der Waals surface area (Å²) in [5.74, 6) is -2.99. The van der Waals surface area contributed by atoms with Crippen LogP contribution in [0.25, 0.3) is 0 Å². The molecule has 1 rings (SSSR count). The SMILES string of the molecule is N[C@@H](C(=O)O)[C@@H]1C[C@H]1C(=O)O. The molecule has 1 aliphatic rings. The molecular formula is C6H9NO4. The van der Waals surface area contributed by atoms with Crippen LogP contribution in [0.15, 0.2) is 0 Å². The summed E-state index contributed by atoms with van der Waals surface area (Å²) >= 11 is 0. The number of aliphatic carboxylic acids is 2. The van der Waals surface area contributed by atoms with Gasteiger partial charge in [-0.25, -0.2) is 0 Å². The van der Waals surface area contributed by atoms with E-state index in [9.17, 15) is 9.59 Å². The average molecular weight is 159 g/mol. The van der Waals surface area contributed by atoms with Crippen molar-refractivity contribution in [2.45, 2.75) is 12.5 Å². The van der Waals surface area contributed by atoms with Crippen LogP contribution in [0.3, 0.4) is 0 Å². The molecule has 11 heavy (non-hydrogen) atoms. The van der Waals surface area contributed by atoms with Crippen LogP contribution in [0, 0.1) is 11.8 Å². The van der Waals surface area contributed by atoms with E-state index in [1.807, 2.05) is 0 Å². The molecule has 0 radical (unpaired) electrons. The Bertz CT molecular complexity index is 203. The second-order valence-electron chi connectivity index (χ2n) is 2.71. The Morgan fingerprint density at radius 2 is 2.00 bits per heavy atom. The summed E-state index contributed by atoms with van der Waals surface area (Å²) < 4.78 is 0. The van der Waals surface area contributed by atoms with E-state index in [1.54, 1.807) is 0 Å². The van der Waals surface area contributed by atoms with Gasteiger partial charge >= 0.3 is 11.9 Å². The maximum atomic E-state index is 10.3. The quantitative estimate of drug-likeness (QED) is 0.496. The van der Waals surface area contributed by atoms with Gasteiger partial charge in [0.1, 0.15) is 6.04 Å². The fraction of sp³-hybridized carbons (Fsp3) is 0.667. The Kier molecular flexibility index (Phi) is 1.82. The van der Waals surface area contributed by atoms with Crippen LogP contribution in [0.1, 0.15) is 6.42 Å². The first-order valence-electron chi connectivity index (χ1n) is 3.25. The van der Waals surface area contributed by atoms with E-state index < -0.39 is 23.9 Å². The number of nitrogens with two attached hydrogens (primary N) is 1. The molecule has 5 heteroatoms. The van der Waals surface area contributed by atoms with Gasteiger partial charge in [0, 0.05) is 0 Å². The van der Waals surface area contributed by atoms with Crippen LogP contribution in [0.2, 0.25) is 0 Å². The maximum absolute atomic E-state index is 10.3. The summed E-state index contributed by atoms with van der Waals surface area (Å²) in [6, 6.07) is -1.02. The molecule has 4 N–H and O–H groups in total. The van der Waals surface area contributed by atoms with Gasteiger partial charge in [-0.15, -0.1) is 0 Å². The zero-order chi connectivity index (χ0) is 8.59. The summed E-state index contributed by atoms with van der Waals surface area (Å²) in [7, 11) is 0. The van der Waals surface area contributed by atoms with Crippen molar-refractivity contribution in [3.05, 3.63) is 0 Å². The van der Waals surface area contributed by atoms with E-state index in [2.05, 4.69) is 0 Å². The molecule has 0 amide bonds. The van der Waals surface area contributed by atoms with Crippen molar-refractivity contribution in [1.82, 2.24) is 0 Å². The van der Waals surface area contributed by atoms with Crippen LogP contribution in [-0.4, -0.2) is 28.2 Å². The predicted molar refractivity (Wildman–Crippen MR) is 34.8 cm³/mol. The van der Waals surface area contributed by atoms with Gasteiger partial charge in [-0.1, -0.05) is 0 Å². The summed E-state index contributed by atoms with van der Waals surface area (Å²) in [5, 5.41) is 16.8. The van der Waals surface area contributed by atoms with Gasteiger partial charge in [-0.3, -0.25) is 9.59 Å². The van der Waals surface area contributed by atoms with Crippen LogP contribution < -0.4 is 5.73 Å². The molecule has 0 unspecified atom stereocenters. The van der Waals surface area contributed by atoms with E-state index in [4.69, 9.17) is 15.9 Å². The Balaban J connectivity index is 2.43. The zero-order valence-electron chi connectivity index (χ0n) is 5.73. The third-order valence-corrected chi connectivity index (χ3v) is 1.90. The molecule has 3 atom stereocenters. The van der Waals surface area contributed by atoms with E-state index in [-0.39, 0.29) is 5.92 Å². The summed E-state index contributed by atoms with van der Waals surface area (Å²) in [5.41, 5.74) is 5.19. The predicted octanol–water partition coefficient (Wildman–Crippen LogP) is -0.881. The molecule has 0 heterocycles.